The molecule has 1 N–H and O–H groups in total. The molecular weight excluding hydrogens is 382 g/mol. The highest BCUT2D eigenvalue weighted by Crippen LogP contribution is 2.53. The third-order valence-electron chi connectivity index (χ3n) is 6.97. The molecule has 1 aromatic heterocycles. The number of aryl methyl sites for hydroxylation is 1. The van der Waals surface area contributed by atoms with Crippen LogP contribution in [-0.4, -0.2) is 35.7 Å². The molecule has 0 spiro atoms. The number of hydrogen-bond donors (Lipinski definition) is 1. The van der Waals surface area contributed by atoms with Gasteiger partial charge in [0.25, 0.3) is 0 Å². The predicted octanol–water partition coefficient (Wildman–Crippen LogP) is 3.92. The van der Waals surface area contributed by atoms with Gasteiger partial charge in [-0.3, -0.25) is 9.69 Å². The fourth-order valence-corrected chi connectivity index (χ4v) is 6.04. The SMILES string of the molecule is COC(=O)Cc1c(C)c2ccc(O)c(CN3CC4(C)CC3CC(C)(C)C4)c2oc1=O. The fraction of sp³-hybridized carbons (Fsp3) is 0.583. The molecule has 1 aliphatic carbocycles. The number of fused-ring (bicyclic) bond motifs is 3. The molecule has 0 radical (unpaired) electrons. The standard InChI is InChI=1S/C24H31NO5/c1-14-16-6-7-19(26)18(21(16)30-22(28)17(14)8-20(27)29-5)11-25-13-24(4)10-15(25)9-23(2,3)12-24/h6-7,15,26H,8-13H2,1-5H3. The number of ether oxygens (including phenoxy) is 1. The van der Waals surface area contributed by atoms with Crippen LogP contribution in [0.3, 0.4) is 0 Å². The Bertz CT molecular complexity index is 1070. The molecule has 30 heavy (non-hydrogen) atoms. The summed E-state index contributed by atoms with van der Waals surface area (Å²) in [5.41, 5.74) is 2.09. The van der Waals surface area contributed by atoms with Crippen molar-refractivity contribution in [3.05, 3.63) is 39.2 Å². The van der Waals surface area contributed by atoms with E-state index in [9.17, 15) is 14.7 Å². The quantitative estimate of drug-likeness (QED) is 0.604. The minimum atomic E-state index is -0.550. The second kappa shape index (κ2) is 7.12. The first-order valence-electron chi connectivity index (χ1n) is 10.6. The minimum Gasteiger partial charge on any atom is -0.507 e. The number of rotatable bonds is 4. The Labute approximate surface area is 176 Å². The van der Waals surface area contributed by atoms with E-state index in [1.807, 2.05) is 6.92 Å². The van der Waals surface area contributed by atoms with Crippen LogP contribution in [0.15, 0.2) is 21.3 Å². The highest BCUT2D eigenvalue weighted by atomic mass is 16.5. The van der Waals surface area contributed by atoms with Gasteiger partial charge in [-0.1, -0.05) is 20.8 Å². The van der Waals surface area contributed by atoms with Crippen LogP contribution < -0.4 is 5.63 Å². The summed E-state index contributed by atoms with van der Waals surface area (Å²) in [5.74, 6) is -0.347. The average Bonchev–Trinajstić information content (AvgIpc) is 2.88. The van der Waals surface area contributed by atoms with Crippen LogP contribution in [0.4, 0.5) is 0 Å². The molecule has 162 valence electrons. The summed E-state index contributed by atoms with van der Waals surface area (Å²) in [5, 5.41) is 11.4. The maximum Gasteiger partial charge on any atom is 0.340 e. The maximum atomic E-state index is 12.7. The number of nitrogens with zero attached hydrogens (tertiary/aromatic N) is 1. The van der Waals surface area contributed by atoms with Crippen molar-refractivity contribution >= 4 is 16.9 Å². The van der Waals surface area contributed by atoms with E-state index in [0.717, 1.165) is 24.8 Å². The third-order valence-corrected chi connectivity index (χ3v) is 6.97. The second-order valence-electron chi connectivity index (χ2n) is 10.3. The van der Waals surface area contributed by atoms with E-state index >= 15 is 0 Å². The van der Waals surface area contributed by atoms with Gasteiger partial charge in [0.05, 0.1) is 24.7 Å². The zero-order valence-electron chi connectivity index (χ0n) is 18.5. The molecule has 2 heterocycles. The van der Waals surface area contributed by atoms with Crippen molar-refractivity contribution in [1.29, 1.82) is 0 Å². The number of carbonyl (C=O) groups excluding carboxylic acids is 1. The van der Waals surface area contributed by atoms with Crippen LogP contribution in [0, 0.1) is 17.8 Å². The molecule has 0 amide bonds. The molecule has 6 nitrogen and oxygen atoms in total. The van der Waals surface area contributed by atoms with Crippen molar-refractivity contribution in [3.8, 4) is 5.75 Å². The lowest BCUT2D eigenvalue weighted by Crippen LogP contribution is -2.34. The molecule has 4 rings (SSSR count). The Morgan fingerprint density at radius 3 is 2.70 bits per heavy atom. The van der Waals surface area contributed by atoms with Crippen LogP contribution in [0.25, 0.3) is 11.0 Å². The van der Waals surface area contributed by atoms with Crippen LogP contribution in [0.1, 0.15) is 56.7 Å². The average molecular weight is 414 g/mol. The number of aromatic hydroxyl groups is 1. The van der Waals surface area contributed by atoms with E-state index in [0.29, 0.717) is 40.3 Å². The van der Waals surface area contributed by atoms with E-state index in [1.165, 1.54) is 13.5 Å². The van der Waals surface area contributed by atoms with Gasteiger partial charge in [-0.25, -0.2) is 4.79 Å². The molecule has 2 bridgehead atoms. The first kappa shape index (κ1) is 20.9. The lowest BCUT2D eigenvalue weighted by atomic mass is 9.65. The van der Waals surface area contributed by atoms with Gasteiger partial charge in [0.15, 0.2) is 0 Å². The second-order valence-corrected chi connectivity index (χ2v) is 10.3. The molecule has 2 atom stereocenters. The summed E-state index contributed by atoms with van der Waals surface area (Å²) >= 11 is 0. The number of esters is 1. The Kier molecular flexibility index (Phi) is 4.96. The van der Waals surface area contributed by atoms with Crippen molar-refractivity contribution in [3.63, 3.8) is 0 Å². The molecule has 2 fully saturated rings. The molecule has 1 saturated carbocycles. The molecule has 1 aliphatic heterocycles. The van der Waals surface area contributed by atoms with Gasteiger partial charge >= 0.3 is 11.6 Å². The summed E-state index contributed by atoms with van der Waals surface area (Å²) in [4.78, 5) is 26.8. The minimum absolute atomic E-state index is 0.127. The molecule has 1 saturated heterocycles. The van der Waals surface area contributed by atoms with Crippen molar-refractivity contribution in [2.75, 3.05) is 13.7 Å². The van der Waals surface area contributed by atoms with Gasteiger partial charge in [-0.2, -0.15) is 0 Å². The summed E-state index contributed by atoms with van der Waals surface area (Å²) in [6, 6.07) is 3.86. The van der Waals surface area contributed by atoms with Crippen LogP contribution in [0.5, 0.6) is 5.75 Å². The fourth-order valence-electron chi connectivity index (χ4n) is 6.04. The molecule has 6 heteroatoms. The van der Waals surface area contributed by atoms with Crippen molar-refractivity contribution in [2.24, 2.45) is 10.8 Å². The van der Waals surface area contributed by atoms with E-state index in [1.54, 1.807) is 12.1 Å². The van der Waals surface area contributed by atoms with Crippen molar-refractivity contribution in [2.45, 2.75) is 66.0 Å². The normalized spacial score (nSPS) is 25.6. The Morgan fingerprint density at radius 2 is 2.00 bits per heavy atom. The topological polar surface area (TPSA) is 80.0 Å². The lowest BCUT2D eigenvalue weighted by molar-refractivity contribution is -0.139. The Balaban J connectivity index is 1.74. The maximum absolute atomic E-state index is 12.7. The number of carbonyl (C=O) groups is 1. The molecule has 2 unspecified atom stereocenters. The van der Waals surface area contributed by atoms with Gasteiger partial charge in [-0.05, 0) is 54.7 Å². The summed E-state index contributed by atoms with van der Waals surface area (Å²) in [6.07, 6.45) is 3.35. The third kappa shape index (κ3) is 3.62. The monoisotopic (exact) mass is 413 g/mol. The lowest BCUT2D eigenvalue weighted by Gasteiger charge is -2.40. The molecule has 2 aliphatic rings. The first-order valence-corrected chi connectivity index (χ1v) is 10.6. The van der Waals surface area contributed by atoms with E-state index in [-0.39, 0.29) is 17.6 Å². The van der Waals surface area contributed by atoms with Gasteiger partial charge in [0.2, 0.25) is 0 Å². The summed E-state index contributed by atoms with van der Waals surface area (Å²) in [7, 11) is 1.30. The highest BCUT2D eigenvalue weighted by Gasteiger charge is 2.49. The van der Waals surface area contributed by atoms with E-state index in [2.05, 4.69) is 25.7 Å². The molecule has 1 aromatic carbocycles. The van der Waals surface area contributed by atoms with E-state index < -0.39 is 11.6 Å². The largest absolute Gasteiger partial charge is 0.507 e. The number of phenols is 1. The zero-order valence-corrected chi connectivity index (χ0v) is 18.5. The van der Waals surface area contributed by atoms with Crippen molar-refractivity contribution < 1.29 is 19.1 Å². The highest BCUT2D eigenvalue weighted by molar-refractivity contribution is 5.87. The Morgan fingerprint density at radius 1 is 1.27 bits per heavy atom. The number of hydrogen-bond acceptors (Lipinski definition) is 6. The zero-order chi connectivity index (χ0) is 21.8. The van der Waals surface area contributed by atoms with Crippen LogP contribution >= 0.6 is 0 Å². The number of benzene rings is 1. The smallest absolute Gasteiger partial charge is 0.340 e. The van der Waals surface area contributed by atoms with Gasteiger partial charge in [0, 0.05) is 24.5 Å². The number of phenolic OH excluding ortho intramolecular Hbond substituents is 1. The number of likely N-dealkylation sites (tertiary alicyclic amines) is 1. The molecular formula is C24H31NO5. The number of methoxy groups -OCH3 is 1. The predicted molar refractivity (Wildman–Crippen MR) is 115 cm³/mol. The van der Waals surface area contributed by atoms with Gasteiger partial charge in [-0.15, -0.1) is 0 Å². The van der Waals surface area contributed by atoms with Gasteiger partial charge in [0.1, 0.15) is 11.3 Å². The summed E-state index contributed by atoms with van der Waals surface area (Å²) in [6.45, 7) is 10.3. The molecule has 2 aromatic rings. The van der Waals surface area contributed by atoms with Gasteiger partial charge < -0.3 is 14.3 Å². The van der Waals surface area contributed by atoms with Crippen molar-refractivity contribution in [1.82, 2.24) is 4.90 Å². The van der Waals surface area contributed by atoms with Crippen LogP contribution in [-0.2, 0) is 22.5 Å². The first-order chi connectivity index (χ1) is 14.0. The van der Waals surface area contributed by atoms with E-state index in [4.69, 9.17) is 9.15 Å². The Hall–Kier alpha value is -2.34. The summed E-state index contributed by atoms with van der Waals surface area (Å²) < 4.78 is 10.4. The van der Waals surface area contributed by atoms with Crippen LogP contribution in [0.2, 0.25) is 0 Å².